The zero-order valence-corrected chi connectivity index (χ0v) is 9.54. The van der Waals surface area contributed by atoms with Crippen LogP contribution in [0, 0.1) is 11.6 Å². The first kappa shape index (κ1) is 14.8. The van der Waals surface area contributed by atoms with Crippen LogP contribution in [0.1, 0.15) is 10.4 Å². The Morgan fingerprint density at radius 3 is 2.31 bits per heavy atom. The molecule has 0 aromatic heterocycles. The topological polar surface area (TPSA) is 41.1 Å². The van der Waals surface area contributed by atoms with Gasteiger partial charge in [-0.25, -0.2) is 8.78 Å². The van der Waals surface area contributed by atoms with Crippen molar-refractivity contribution in [3.63, 3.8) is 0 Å². The Balaban J connectivity index is 0.00000225. The second-order valence-electron chi connectivity index (χ2n) is 2.96. The zero-order valence-electron chi connectivity index (χ0n) is 8.72. The SMILES string of the molecule is CNCCNC(=O)c1c(F)cccc1F.Cl. The molecule has 0 aliphatic heterocycles. The molecule has 0 heterocycles. The fourth-order valence-electron chi connectivity index (χ4n) is 1.10. The molecule has 90 valence electrons. The zero-order chi connectivity index (χ0) is 11.3. The van der Waals surface area contributed by atoms with E-state index < -0.39 is 23.1 Å². The number of nitrogens with one attached hydrogen (secondary N) is 2. The van der Waals surface area contributed by atoms with E-state index in [-0.39, 0.29) is 12.4 Å². The van der Waals surface area contributed by atoms with Gasteiger partial charge in [-0.1, -0.05) is 6.07 Å². The van der Waals surface area contributed by atoms with Crippen molar-refractivity contribution >= 4 is 18.3 Å². The summed E-state index contributed by atoms with van der Waals surface area (Å²) in [6.07, 6.45) is 0. The lowest BCUT2D eigenvalue weighted by Gasteiger charge is -2.06. The molecule has 16 heavy (non-hydrogen) atoms. The van der Waals surface area contributed by atoms with E-state index >= 15 is 0 Å². The molecule has 0 spiro atoms. The molecule has 0 saturated carbocycles. The van der Waals surface area contributed by atoms with Gasteiger partial charge in [0.15, 0.2) is 0 Å². The van der Waals surface area contributed by atoms with E-state index in [1.165, 1.54) is 6.07 Å². The van der Waals surface area contributed by atoms with E-state index in [9.17, 15) is 13.6 Å². The molecule has 3 nitrogen and oxygen atoms in total. The number of rotatable bonds is 4. The van der Waals surface area contributed by atoms with Gasteiger partial charge in [0.25, 0.3) is 5.91 Å². The molecule has 0 radical (unpaired) electrons. The van der Waals surface area contributed by atoms with E-state index in [1.807, 2.05) is 0 Å². The van der Waals surface area contributed by atoms with Gasteiger partial charge in [0.05, 0.1) is 0 Å². The second kappa shape index (κ2) is 7.14. The van der Waals surface area contributed by atoms with Crippen molar-refractivity contribution in [3.8, 4) is 0 Å². The van der Waals surface area contributed by atoms with Crippen molar-refractivity contribution in [1.29, 1.82) is 0 Å². The molecule has 0 aliphatic rings. The highest BCUT2D eigenvalue weighted by Crippen LogP contribution is 2.11. The van der Waals surface area contributed by atoms with Crippen LogP contribution in [0.15, 0.2) is 18.2 Å². The fourth-order valence-corrected chi connectivity index (χ4v) is 1.10. The van der Waals surface area contributed by atoms with Crippen LogP contribution in [0.4, 0.5) is 8.78 Å². The van der Waals surface area contributed by atoms with Crippen LogP contribution in [-0.2, 0) is 0 Å². The van der Waals surface area contributed by atoms with Gasteiger partial charge in [-0.15, -0.1) is 12.4 Å². The molecule has 0 saturated heterocycles. The smallest absolute Gasteiger partial charge is 0.257 e. The van der Waals surface area contributed by atoms with Gasteiger partial charge in [-0.2, -0.15) is 0 Å². The summed E-state index contributed by atoms with van der Waals surface area (Å²) < 4.78 is 26.2. The standard InChI is InChI=1S/C10H12F2N2O.ClH/c1-13-5-6-14-10(15)9-7(11)3-2-4-8(9)12;/h2-4,13H,5-6H2,1H3,(H,14,15);1H. The monoisotopic (exact) mass is 250 g/mol. The summed E-state index contributed by atoms with van der Waals surface area (Å²) in [7, 11) is 1.72. The largest absolute Gasteiger partial charge is 0.351 e. The molecule has 6 heteroatoms. The maximum atomic E-state index is 13.1. The fraction of sp³-hybridized carbons (Fsp3) is 0.300. The van der Waals surface area contributed by atoms with Gasteiger partial charge in [-0.3, -0.25) is 4.79 Å². The van der Waals surface area contributed by atoms with Gasteiger partial charge in [-0.05, 0) is 19.2 Å². The minimum atomic E-state index is -0.850. The Morgan fingerprint density at radius 2 is 1.81 bits per heavy atom. The third kappa shape index (κ3) is 3.75. The van der Waals surface area contributed by atoms with E-state index in [0.717, 1.165) is 12.1 Å². The molecular formula is C10H13ClF2N2O. The van der Waals surface area contributed by atoms with Crippen molar-refractivity contribution < 1.29 is 13.6 Å². The molecule has 1 amide bonds. The number of hydrogen-bond acceptors (Lipinski definition) is 2. The van der Waals surface area contributed by atoms with E-state index in [1.54, 1.807) is 7.05 Å². The number of carbonyl (C=O) groups is 1. The van der Waals surface area contributed by atoms with Crippen LogP contribution in [0.5, 0.6) is 0 Å². The molecule has 1 rings (SSSR count). The third-order valence-electron chi connectivity index (χ3n) is 1.85. The maximum absolute atomic E-state index is 13.1. The predicted molar refractivity (Wildman–Crippen MR) is 59.9 cm³/mol. The molecule has 0 unspecified atom stereocenters. The number of carbonyl (C=O) groups excluding carboxylic acids is 1. The average molecular weight is 251 g/mol. The van der Waals surface area contributed by atoms with Crippen LogP contribution in [0.25, 0.3) is 0 Å². The number of benzene rings is 1. The van der Waals surface area contributed by atoms with Crippen LogP contribution >= 0.6 is 12.4 Å². The first-order valence-corrected chi connectivity index (χ1v) is 4.53. The second-order valence-corrected chi connectivity index (χ2v) is 2.96. The van der Waals surface area contributed by atoms with E-state index in [0.29, 0.717) is 13.1 Å². The maximum Gasteiger partial charge on any atom is 0.257 e. The summed E-state index contributed by atoms with van der Waals surface area (Å²) in [5.41, 5.74) is -0.534. The molecule has 0 aliphatic carbocycles. The van der Waals surface area contributed by atoms with Crippen molar-refractivity contribution in [1.82, 2.24) is 10.6 Å². The minimum Gasteiger partial charge on any atom is -0.351 e. The summed E-state index contributed by atoms with van der Waals surface area (Å²) in [4.78, 5) is 11.3. The molecule has 0 atom stereocenters. The number of halogens is 3. The summed E-state index contributed by atoms with van der Waals surface area (Å²) in [5.74, 6) is -2.44. The Morgan fingerprint density at radius 1 is 1.25 bits per heavy atom. The summed E-state index contributed by atoms with van der Waals surface area (Å²) in [6, 6.07) is 3.32. The third-order valence-corrected chi connectivity index (χ3v) is 1.85. The number of hydrogen-bond donors (Lipinski definition) is 2. The lowest BCUT2D eigenvalue weighted by Crippen LogP contribution is -2.31. The lowest BCUT2D eigenvalue weighted by atomic mass is 10.2. The Kier molecular flexibility index (Phi) is 6.60. The van der Waals surface area contributed by atoms with Crippen LogP contribution < -0.4 is 10.6 Å². The summed E-state index contributed by atoms with van der Waals surface area (Å²) in [5, 5.41) is 5.20. The lowest BCUT2D eigenvalue weighted by molar-refractivity contribution is 0.0945. The van der Waals surface area contributed by atoms with Crippen LogP contribution in [0.2, 0.25) is 0 Å². The van der Waals surface area contributed by atoms with Gasteiger partial charge < -0.3 is 10.6 Å². The highest BCUT2D eigenvalue weighted by molar-refractivity contribution is 5.94. The predicted octanol–water partition coefficient (Wildman–Crippen LogP) is 1.34. The highest BCUT2D eigenvalue weighted by atomic mass is 35.5. The molecule has 2 N–H and O–H groups in total. The minimum absolute atomic E-state index is 0. The summed E-state index contributed by atoms with van der Waals surface area (Å²) >= 11 is 0. The molecular weight excluding hydrogens is 238 g/mol. The van der Waals surface area contributed by atoms with Gasteiger partial charge >= 0.3 is 0 Å². The van der Waals surface area contributed by atoms with Crippen molar-refractivity contribution in [2.75, 3.05) is 20.1 Å². The van der Waals surface area contributed by atoms with Crippen LogP contribution in [0.3, 0.4) is 0 Å². The molecule has 0 bridgehead atoms. The first-order chi connectivity index (χ1) is 7.16. The molecule has 0 fully saturated rings. The Labute approximate surface area is 98.6 Å². The van der Waals surface area contributed by atoms with E-state index in [2.05, 4.69) is 10.6 Å². The summed E-state index contributed by atoms with van der Waals surface area (Å²) in [6.45, 7) is 0.866. The van der Waals surface area contributed by atoms with Gasteiger partial charge in [0.1, 0.15) is 17.2 Å². The van der Waals surface area contributed by atoms with Crippen LogP contribution in [-0.4, -0.2) is 26.0 Å². The van der Waals surface area contributed by atoms with Crippen molar-refractivity contribution in [3.05, 3.63) is 35.4 Å². The molecule has 1 aromatic rings. The Bertz CT molecular complexity index is 340. The quantitative estimate of drug-likeness (QED) is 0.792. The average Bonchev–Trinajstić information content (AvgIpc) is 2.18. The first-order valence-electron chi connectivity index (χ1n) is 4.53. The number of amides is 1. The Hall–Kier alpha value is -1.20. The highest BCUT2D eigenvalue weighted by Gasteiger charge is 2.15. The number of likely N-dealkylation sites (N-methyl/N-ethyl adjacent to an activating group) is 1. The van der Waals surface area contributed by atoms with Crippen molar-refractivity contribution in [2.24, 2.45) is 0 Å². The molecule has 1 aromatic carbocycles. The van der Waals surface area contributed by atoms with Gasteiger partial charge in [0.2, 0.25) is 0 Å². The van der Waals surface area contributed by atoms with Gasteiger partial charge in [0, 0.05) is 13.1 Å². The normalized spacial score (nSPS) is 9.44. The van der Waals surface area contributed by atoms with E-state index in [4.69, 9.17) is 0 Å². The van der Waals surface area contributed by atoms with Crippen molar-refractivity contribution in [2.45, 2.75) is 0 Å².